The second-order valence-corrected chi connectivity index (χ2v) is 9.13. The molecule has 0 unspecified atom stereocenters. The highest BCUT2D eigenvalue weighted by Crippen LogP contribution is 2.41. The third-order valence-electron chi connectivity index (χ3n) is 6.58. The Morgan fingerprint density at radius 3 is 1.87 bits per heavy atom. The summed E-state index contributed by atoms with van der Waals surface area (Å²) in [6.45, 7) is 4.91. The third-order valence-corrected chi connectivity index (χ3v) is 6.58. The molecule has 1 fully saturated rings. The lowest BCUT2D eigenvalue weighted by Gasteiger charge is -2.52. The Balaban J connectivity index is 1.72. The monoisotopic (exact) mass is 517 g/mol. The van der Waals surface area contributed by atoms with E-state index in [1.807, 2.05) is 91.0 Å². The van der Waals surface area contributed by atoms with Crippen LogP contribution in [0.4, 0.5) is 0 Å². The topological polar surface area (TPSA) is 78.7 Å². The van der Waals surface area contributed by atoms with Crippen molar-refractivity contribution in [2.45, 2.75) is 56.4 Å². The minimum absolute atomic E-state index is 0.299. The van der Waals surface area contributed by atoms with Gasteiger partial charge in [0.15, 0.2) is 11.9 Å². The van der Waals surface area contributed by atoms with Gasteiger partial charge in [-0.1, -0.05) is 102 Å². The van der Waals surface area contributed by atoms with Crippen LogP contribution in [0.25, 0.3) is 0 Å². The molecule has 200 valence electrons. The summed E-state index contributed by atoms with van der Waals surface area (Å²) in [6, 6.07) is 29.6. The Bertz CT molecular complexity index is 1130. The van der Waals surface area contributed by atoms with E-state index < -0.39 is 30.2 Å². The highest BCUT2D eigenvalue weighted by atomic mass is 16.7. The fourth-order valence-electron chi connectivity index (χ4n) is 4.74. The molecule has 4 rings (SSSR count). The van der Waals surface area contributed by atoms with Gasteiger partial charge in [0.1, 0.15) is 18.3 Å². The predicted octanol–water partition coefficient (Wildman–Crippen LogP) is 5.52. The number of nitrogens with zero attached hydrogens (tertiary/aromatic N) is 1. The van der Waals surface area contributed by atoms with Crippen molar-refractivity contribution >= 4 is 6.21 Å². The van der Waals surface area contributed by atoms with Gasteiger partial charge in [-0.25, -0.2) is 0 Å². The van der Waals surface area contributed by atoms with Gasteiger partial charge in [-0.15, -0.1) is 6.58 Å². The molecule has 5 atom stereocenters. The summed E-state index contributed by atoms with van der Waals surface area (Å²) in [5.41, 5.74) is 1.87. The zero-order valence-electron chi connectivity index (χ0n) is 21.6. The van der Waals surface area contributed by atoms with Gasteiger partial charge in [-0.2, -0.15) is 0 Å². The molecule has 7 nitrogen and oxygen atoms in total. The molecule has 1 aliphatic rings. The standard InChI is InChI=1S/C31H35NO6/c1-3-19-31(37-23-26-17-11-6-12-18-26)29(36-22-25-15-9-5-10-16-25)28(27(20-32-33)38-30(31)34-2)35-21-24-13-7-4-8-14-24/h3-18,20,27-30,33H,1,19,21-23H2,2H3/b32-20+/t27-,28-,29+,30+,31-/m1/s1. The second-order valence-electron chi connectivity index (χ2n) is 9.13. The van der Waals surface area contributed by atoms with Crippen LogP contribution in [0.1, 0.15) is 23.1 Å². The number of benzene rings is 3. The van der Waals surface area contributed by atoms with Gasteiger partial charge in [-0.3, -0.25) is 0 Å². The van der Waals surface area contributed by atoms with Crippen LogP contribution in [0.15, 0.2) is 109 Å². The summed E-state index contributed by atoms with van der Waals surface area (Å²) < 4.78 is 31.9. The molecule has 1 saturated heterocycles. The first kappa shape index (κ1) is 27.7. The molecule has 1 heterocycles. The fourth-order valence-corrected chi connectivity index (χ4v) is 4.74. The molecule has 0 aliphatic carbocycles. The SMILES string of the molecule is C=CC[C@]1(OCc2ccccc2)[C@@H](OC)O[C@H](/C=N/O)[C@@H](OCc2ccccc2)[C@@H]1OCc1ccccc1. The van der Waals surface area contributed by atoms with Gasteiger partial charge in [0.2, 0.25) is 0 Å². The lowest BCUT2D eigenvalue weighted by Crippen LogP contribution is -2.68. The average Bonchev–Trinajstić information content (AvgIpc) is 2.97. The van der Waals surface area contributed by atoms with Crippen LogP contribution in [0.3, 0.4) is 0 Å². The summed E-state index contributed by atoms with van der Waals surface area (Å²) in [5, 5.41) is 12.7. The maximum absolute atomic E-state index is 9.47. The molecule has 0 aromatic heterocycles. The average molecular weight is 518 g/mol. The minimum Gasteiger partial charge on any atom is -0.411 e. The number of methoxy groups -OCH3 is 1. The van der Waals surface area contributed by atoms with Gasteiger partial charge in [-0.05, 0) is 16.7 Å². The van der Waals surface area contributed by atoms with E-state index >= 15 is 0 Å². The summed E-state index contributed by atoms with van der Waals surface area (Å²) in [4.78, 5) is 0. The van der Waals surface area contributed by atoms with E-state index in [0.29, 0.717) is 26.2 Å². The van der Waals surface area contributed by atoms with E-state index in [2.05, 4.69) is 11.7 Å². The summed E-state index contributed by atoms with van der Waals surface area (Å²) in [7, 11) is 1.56. The van der Waals surface area contributed by atoms with Gasteiger partial charge >= 0.3 is 0 Å². The molecular weight excluding hydrogens is 482 g/mol. The van der Waals surface area contributed by atoms with Crippen LogP contribution in [0.2, 0.25) is 0 Å². The van der Waals surface area contributed by atoms with Gasteiger partial charge in [0, 0.05) is 13.5 Å². The molecule has 0 saturated carbocycles. The van der Waals surface area contributed by atoms with Crippen molar-refractivity contribution in [3.8, 4) is 0 Å². The number of oxime groups is 1. The summed E-state index contributed by atoms with van der Waals surface area (Å²) in [5.74, 6) is 0. The smallest absolute Gasteiger partial charge is 0.190 e. The van der Waals surface area contributed by atoms with E-state index in [9.17, 15) is 5.21 Å². The normalized spacial score (nSPS) is 25.4. The quantitative estimate of drug-likeness (QED) is 0.139. The summed E-state index contributed by atoms with van der Waals surface area (Å²) in [6.07, 6.45) is 0.472. The van der Waals surface area contributed by atoms with Crippen LogP contribution in [-0.2, 0) is 43.5 Å². The van der Waals surface area contributed by atoms with Crippen LogP contribution in [0.5, 0.6) is 0 Å². The first-order chi connectivity index (χ1) is 18.7. The van der Waals surface area contributed by atoms with Gasteiger partial charge in [0.05, 0.1) is 26.0 Å². The molecule has 3 aromatic rings. The Morgan fingerprint density at radius 2 is 1.37 bits per heavy atom. The second kappa shape index (κ2) is 14.0. The third kappa shape index (κ3) is 6.75. The van der Waals surface area contributed by atoms with Crippen LogP contribution in [0, 0.1) is 0 Å². The summed E-state index contributed by atoms with van der Waals surface area (Å²) >= 11 is 0. The first-order valence-electron chi connectivity index (χ1n) is 12.7. The van der Waals surface area contributed by atoms with Crippen molar-refractivity contribution in [2.75, 3.05) is 7.11 Å². The van der Waals surface area contributed by atoms with E-state index in [0.717, 1.165) is 16.7 Å². The zero-order valence-corrected chi connectivity index (χ0v) is 21.6. The maximum atomic E-state index is 9.47. The van der Waals surface area contributed by atoms with Crippen LogP contribution >= 0.6 is 0 Å². The molecule has 0 bridgehead atoms. The number of ether oxygens (including phenoxy) is 5. The molecule has 0 amide bonds. The molecular formula is C31H35NO6. The highest BCUT2D eigenvalue weighted by Gasteiger charge is 2.58. The van der Waals surface area contributed by atoms with Crippen molar-refractivity contribution in [2.24, 2.45) is 5.16 Å². The van der Waals surface area contributed by atoms with E-state index in [1.54, 1.807) is 13.2 Å². The molecule has 7 heteroatoms. The first-order valence-corrected chi connectivity index (χ1v) is 12.7. The van der Waals surface area contributed by atoms with Crippen molar-refractivity contribution in [3.05, 3.63) is 120 Å². The maximum Gasteiger partial charge on any atom is 0.190 e. The lowest BCUT2D eigenvalue weighted by molar-refractivity contribution is -0.348. The van der Waals surface area contributed by atoms with Crippen molar-refractivity contribution in [1.29, 1.82) is 0 Å². The zero-order chi connectivity index (χ0) is 26.6. The molecule has 0 spiro atoms. The van der Waals surface area contributed by atoms with Crippen LogP contribution in [-0.4, -0.2) is 48.7 Å². The Labute approximate surface area is 224 Å². The highest BCUT2D eigenvalue weighted by molar-refractivity contribution is 5.64. The molecule has 1 aliphatic heterocycles. The lowest BCUT2D eigenvalue weighted by atomic mass is 9.83. The molecule has 38 heavy (non-hydrogen) atoms. The van der Waals surface area contributed by atoms with Crippen molar-refractivity contribution in [1.82, 2.24) is 0 Å². The Kier molecular flexibility index (Phi) is 10.2. The Hall–Kier alpha value is -3.33. The Morgan fingerprint density at radius 1 is 0.842 bits per heavy atom. The number of rotatable bonds is 13. The molecule has 0 radical (unpaired) electrons. The molecule has 3 aromatic carbocycles. The number of hydrogen-bond acceptors (Lipinski definition) is 7. The van der Waals surface area contributed by atoms with Crippen LogP contribution < -0.4 is 0 Å². The fraction of sp³-hybridized carbons (Fsp3) is 0.323. The van der Waals surface area contributed by atoms with E-state index in [-0.39, 0.29) is 0 Å². The van der Waals surface area contributed by atoms with Crippen molar-refractivity contribution in [3.63, 3.8) is 0 Å². The van der Waals surface area contributed by atoms with Crippen molar-refractivity contribution < 1.29 is 28.9 Å². The van der Waals surface area contributed by atoms with E-state index in [4.69, 9.17) is 23.7 Å². The van der Waals surface area contributed by atoms with E-state index in [1.165, 1.54) is 6.21 Å². The van der Waals surface area contributed by atoms with Gasteiger partial charge < -0.3 is 28.9 Å². The predicted molar refractivity (Wildman–Crippen MR) is 145 cm³/mol. The molecule has 1 N–H and O–H groups in total. The van der Waals surface area contributed by atoms with Gasteiger partial charge in [0.25, 0.3) is 0 Å². The minimum atomic E-state index is -1.11. The largest absolute Gasteiger partial charge is 0.411 e. The number of hydrogen-bond donors (Lipinski definition) is 1.